The molecule has 0 unspecified atom stereocenters. The highest BCUT2D eigenvalue weighted by Gasteiger charge is 2.19. The lowest BCUT2D eigenvalue weighted by Gasteiger charge is -2.21. The third-order valence-electron chi connectivity index (χ3n) is 3.63. The Kier molecular flexibility index (Phi) is 5.23. The number of rotatable bonds is 6. The van der Waals surface area contributed by atoms with E-state index >= 15 is 0 Å². The van der Waals surface area contributed by atoms with E-state index in [0.29, 0.717) is 19.6 Å². The van der Waals surface area contributed by atoms with Crippen LogP contribution in [-0.2, 0) is 11.3 Å². The van der Waals surface area contributed by atoms with Crippen LogP contribution < -0.4 is 4.90 Å². The standard InChI is InChI=1S/C17H20N4OS2/c1-4-21(17-19-14-7-5-6-8-15(14)24-17)16(22)10-20(3)9-13-11-23-12(2)18-13/h5-8,11H,4,9-10H2,1-3H3. The molecule has 2 heterocycles. The molecule has 24 heavy (non-hydrogen) atoms. The first kappa shape index (κ1) is 17.0. The average Bonchev–Trinajstić information content (AvgIpc) is 3.13. The van der Waals surface area contributed by atoms with Crippen molar-refractivity contribution in [3.63, 3.8) is 0 Å². The molecule has 0 fully saturated rings. The SMILES string of the molecule is CCN(C(=O)CN(C)Cc1csc(C)n1)c1nc2ccccc2s1. The maximum absolute atomic E-state index is 12.7. The Hall–Kier alpha value is -1.83. The molecule has 0 radical (unpaired) electrons. The monoisotopic (exact) mass is 360 g/mol. The Balaban J connectivity index is 1.69. The van der Waals surface area contributed by atoms with Gasteiger partial charge in [0.15, 0.2) is 5.13 Å². The van der Waals surface area contributed by atoms with Gasteiger partial charge in [0.2, 0.25) is 5.91 Å². The van der Waals surface area contributed by atoms with Crippen LogP contribution in [0.5, 0.6) is 0 Å². The molecule has 5 nitrogen and oxygen atoms in total. The van der Waals surface area contributed by atoms with E-state index in [-0.39, 0.29) is 5.91 Å². The maximum atomic E-state index is 12.7. The van der Waals surface area contributed by atoms with Gasteiger partial charge in [-0.05, 0) is 33.0 Å². The number of fused-ring (bicyclic) bond motifs is 1. The number of carbonyl (C=O) groups is 1. The number of hydrogen-bond acceptors (Lipinski definition) is 6. The van der Waals surface area contributed by atoms with E-state index in [0.717, 1.165) is 26.0 Å². The van der Waals surface area contributed by atoms with Crippen LogP contribution in [0, 0.1) is 6.92 Å². The fraction of sp³-hybridized carbons (Fsp3) is 0.353. The summed E-state index contributed by atoms with van der Waals surface area (Å²) in [6, 6.07) is 7.97. The lowest BCUT2D eigenvalue weighted by molar-refractivity contribution is -0.119. The normalized spacial score (nSPS) is 11.3. The first-order valence-electron chi connectivity index (χ1n) is 7.82. The summed E-state index contributed by atoms with van der Waals surface area (Å²) in [6.45, 7) is 5.61. The number of aryl methyl sites for hydroxylation is 1. The summed E-state index contributed by atoms with van der Waals surface area (Å²) in [6.07, 6.45) is 0. The van der Waals surface area contributed by atoms with Gasteiger partial charge < -0.3 is 0 Å². The molecule has 0 bridgehead atoms. The van der Waals surface area contributed by atoms with Crippen LogP contribution in [0.3, 0.4) is 0 Å². The second-order valence-electron chi connectivity index (χ2n) is 5.63. The van der Waals surface area contributed by atoms with Gasteiger partial charge in [-0.3, -0.25) is 14.6 Å². The Morgan fingerprint density at radius 1 is 1.25 bits per heavy atom. The summed E-state index contributed by atoms with van der Waals surface area (Å²) in [5, 5.41) is 3.86. The van der Waals surface area contributed by atoms with Crippen molar-refractivity contribution < 1.29 is 4.79 Å². The quantitative estimate of drug-likeness (QED) is 0.674. The minimum Gasteiger partial charge on any atom is -0.292 e. The number of likely N-dealkylation sites (N-methyl/N-ethyl adjacent to an activating group) is 2. The number of thiazole rings is 2. The van der Waals surface area contributed by atoms with E-state index in [1.807, 2.05) is 55.4 Å². The molecule has 1 aromatic carbocycles. The van der Waals surface area contributed by atoms with Crippen LogP contribution in [0.15, 0.2) is 29.6 Å². The Bertz CT molecular complexity index is 809. The van der Waals surface area contributed by atoms with Crippen LogP contribution in [0.1, 0.15) is 17.6 Å². The van der Waals surface area contributed by atoms with Crippen molar-refractivity contribution in [3.8, 4) is 0 Å². The van der Waals surface area contributed by atoms with Crippen molar-refractivity contribution in [2.24, 2.45) is 0 Å². The van der Waals surface area contributed by atoms with Gasteiger partial charge in [0.25, 0.3) is 0 Å². The van der Waals surface area contributed by atoms with Crippen LogP contribution >= 0.6 is 22.7 Å². The topological polar surface area (TPSA) is 49.3 Å². The number of amides is 1. The average molecular weight is 361 g/mol. The van der Waals surface area contributed by atoms with Gasteiger partial charge in [0, 0.05) is 18.5 Å². The molecule has 1 amide bonds. The number of carbonyl (C=O) groups excluding carboxylic acids is 1. The second-order valence-corrected chi connectivity index (χ2v) is 7.70. The predicted molar refractivity (Wildman–Crippen MR) is 101 cm³/mol. The fourth-order valence-electron chi connectivity index (χ4n) is 2.52. The highest BCUT2D eigenvalue weighted by molar-refractivity contribution is 7.22. The summed E-state index contributed by atoms with van der Waals surface area (Å²) in [5.41, 5.74) is 1.95. The lowest BCUT2D eigenvalue weighted by atomic mass is 10.3. The predicted octanol–water partition coefficient (Wildman–Crippen LogP) is 3.55. The smallest absolute Gasteiger partial charge is 0.242 e. The van der Waals surface area contributed by atoms with Crippen molar-refractivity contribution in [2.75, 3.05) is 25.0 Å². The fourth-order valence-corrected chi connectivity index (χ4v) is 4.17. The maximum Gasteiger partial charge on any atom is 0.242 e. The molecule has 2 aromatic heterocycles. The number of nitrogens with zero attached hydrogens (tertiary/aromatic N) is 4. The van der Waals surface area contributed by atoms with Crippen molar-refractivity contribution in [1.29, 1.82) is 0 Å². The summed E-state index contributed by atoms with van der Waals surface area (Å²) >= 11 is 3.19. The summed E-state index contributed by atoms with van der Waals surface area (Å²) in [4.78, 5) is 25.5. The highest BCUT2D eigenvalue weighted by Crippen LogP contribution is 2.28. The first-order valence-corrected chi connectivity index (χ1v) is 9.52. The minimum atomic E-state index is 0.0611. The zero-order chi connectivity index (χ0) is 17.1. The van der Waals surface area contributed by atoms with Crippen LogP contribution in [-0.4, -0.2) is 40.9 Å². The second kappa shape index (κ2) is 7.38. The van der Waals surface area contributed by atoms with E-state index in [4.69, 9.17) is 0 Å². The lowest BCUT2D eigenvalue weighted by Crippen LogP contribution is -2.38. The zero-order valence-electron chi connectivity index (χ0n) is 14.0. The van der Waals surface area contributed by atoms with Gasteiger partial charge >= 0.3 is 0 Å². The van der Waals surface area contributed by atoms with E-state index in [9.17, 15) is 4.79 Å². The number of para-hydroxylation sites is 1. The highest BCUT2D eigenvalue weighted by atomic mass is 32.1. The molecule has 0 N–H and O–H groups in total. The van der Waals surface area contributed by atoms with Gasteiger partial charge in [0.1, 0.15) is 0 Å². The van der Waals surface area contributed by atoms with Crippen molar-refractivity contribution >= 4 is 43.9 Å². The van der Waals surface area contributed by atoms with E-state index in [2.05, 4.69) is 9.97 Å². The van der Waals surface area contributed by atoms with E-state index in [1.165, 1.54) is 0 Å². The molecule has 0 spiro atoms. The summed E-state index contributed by atoms with van der Waals surface area (Å²) in [7, 11) is 1.94. The Morgan fingerprint density at radius 2 is 2.04 bits per heavy atom. The first-order chi connectivity index (χ1) is 11.6. The number of aromatic nitrogens is 2. The molecule has 3 aromatic rings. The van der Waals surface area contributed by atoms with Gasteiger partial charge in [-0.15, -0.1) is 11.3 Å². The van der Waals surface area contributed by atoms with Crippen molar-refractivity contribution in [3.05, 3.63) is 40.3 Å². The molecule has 0 saturated carbocycles. The van der Waals surface area contributed by atoms with Crippen LogP contribution in [0.25, 0.3) is 10.2 Å². The molecule has 0 saturated heterocycles. The van der Waals surface area contributed by atoms with Crippen LogP contribution in [0.4, 0.5) is 5.13 Å². The molecule has 0 atom stereocenters. The zero-order valence-corrected chi connectivity index (χ0v) is 15.7. The molecule has 0 aliphatic carbocycles. The third-order valence-corrected chi connectivity index (χ3v) is 5.52. The van der Waals surface area contributed by atoms with Gasteiger partial charge in [0.05, 0.1) is 27.5 Å². The molecule has 3 rings (SSSR count). The van der Waals surface area contributed by atoms with Gasteiger partial charge in [-0.25, -0.2) is 9.97 Å². The van der Waals surface area contributed by atoms with Gasteiger partial charge in [-0.2, -0.15) is 0 Å². The summed E-state index contributed by atoms with van der Waals surface area (Å²) < 4.78 is 1.10. The van der Waals surface area contributed by atoms with E-state index in [1.54, 1.807) is 27.6 Å². The van der Waals surface area contributed by atoms with Gasteiger partial charge in [-0.1, -0.05) is 23.5 Å². The number of anilines is 1. The number of benzene rings is 1. The van der Waals surface area contributed by atoms with E-state index < -0.39 is 0 Å². The van der Waals surface area contributed by atoms with Crippen LogP contribution in [0.2, 0.25) is 0 Å². The summed E-state index contributed by atoms with van der Waals surface area (Å²) in [5.74, 6) is 0.0611. The molecule has 126 valence electrons. The molecular weight excluding hydrogens is 340 g/mol. The third kappa shape index (κ3) is 3.80. The Labute approximate surface area is 149 Å². The molecule has 0 aliphatic heterocycles. The number of hydrogen-bond donors (Lipinski definition) is 0. The molecule has 0 aliphatic rings. The van der Waals surface area contributed by atoms with Crippen molar-refractivity contribution in [1.82, 2.24) is 14.9 Å². The molecular formula is C17H20N4OS2. The largest absolute Gasteiger partial charge is 0.292 e. The van der Waals surface area contributed by atoms with Crippen molar-refractivity contribution in [2.45, 2.75) is 20.4 Å². The minimum absolute atomic E-state index is 0.0611. The molecule has 7 heteroatoms. The Morgan fingerprint density at radius 3 is 2.71 bits per heavy atom.